The second-order valence-electron chi connectivity index (χ2n) is 4.98. The van der Waals surface area contributed by atoms with E-state index in [1.54, 1.807) is 11.8 Å². The van der Waals surface area contributed by atoms with Gasteiger partial charge in [-0.1, -0.05) is 17.7 Å². The Kier molecular flexibility index (Phi) is 2.50. The van der Waals surface area contributed by atoms with Crippen LogP contribution in [0.3, 0.4) is 0 Å². The molecule has 1 N–H and O–H groups in total. The van der Waals surface area contributed by atoms with Crippen LogP contribution in [0.2, 0.25) is 0 Å². The number of carbonyl (C=O) groups excluding carboxylic acids is 1. The van der Waals surface area contributed by atoms with Crippen molar-refractivity contribution in [3.8, 4) is 0 Å². The maximum atomic E-state index is 12.1. The molecule has 1 aliphatic rings. The number of aryl methyl sites for hydroxylation is 2. The molecule has 2 rings (SSSR count). The summed E-state index contributed by atoms with van der Waals surface area (Å²) in [5.41, 5.74) is 2.19. The summed E-state index contributed by atoms with van der Waals surface area (Å²) >= 11 is 0. The molecule has 3 heteroatoms. The molecule has 0 saturated carbocycles. The Labute approximate surface area is 95.7 Å². The van der Waals surface area contributed by atoms with Crippen molar-refractivity contribution in [1.29, 1.82) is 0 Å². The van der Waals surface area contributed by atoms with Crippen molar-refractivity contribution in [2.45, 2.75) is 26.4 Å². The molecule has 0 aliphatic carbocycles. The number of nitrogens with zero attached hydrogens (tertiary/aromatic N) is 1. The lowest BCUT2D eigenvalue weighted by Gasteiger charge is -2.44. The first-order chi connectivity index (χ1) is 7.39. The van der Waals surface area contributed by atoms with Crippen LogP contribution in [0.25, 0.3) is 0 Å². The fraction of sp³-hybridized carbons (Fsp3) is 0.462. The Morgan fingerprint density at radius 2 is 2.00 bits per heavy atom. The fourth-order valence-corrected chi connectivity index (χ4v) is 2.14. The highest BCUT2D eigenvalue weighted by Gasteiger charge is 2.39. The molecular weight excluding hydrogens is 202 g/mol. The maximum Gasteiger partial charge on any atom is 0.254 e. The highest BCUT2D eigenvalue weighted by Crippen LogP contribution is 2.23. The highest BCUT2D eigenvalue weighted by atomic mass is 16.3. The van der Waals surface area contributed by atoms with Gasteiger partial charge in [0.25, 0.3) is 5.91 Å². The quantitative estimate of drug-likeness (QED) is 0.777. The minimum Gasteiger partial charge on any atom is -0.386 e. The normalized spacial score (nSPS) is 18.1. The minimum absolute atomic E-state index is 0.0176. The summed E-state index contributed by atoms with van der Waals surface area (Å²) in [7, 11) is 0. The van der Waals surface area contributed by atoms with E-state index in [2.05, 4.69) is 0 Å². The van der Waals surface area contributed by atoms with Crippen molar-refractivity contribution in [3.05, 3.63) is 34.9 Å². The van der Waals surface area contributed by atoms with Crippen molar-refractivity contribution >= 4 is 5.91 Å². The third-order valence-corrected chi connectivity index (χ3v) is 2.96. The number of benzene rings is 1. The molecule has 1 fully saturated rings. The number of hydrogen-bond donors (Lipinski definition) is 1. The summed E-state index contributed by atoms with van der Waals surface area (Å²) in [6.45, 7) is 6.56. The van der Waals surface area contributed by atoms with Gasteiger partial charge in [-0.05, 0) is 32.4 Å². The summed E-state index contributed by atoms with van der Waals surface area (Å²) in [6, 6.07) is 5.81. The summed E-state index contributed by atoms with van der Waals surface area (Å²) in [6.07, 6.45) is 0. The Hall–Kier alpha value is -1.35. The number of likely N-dealkylation sites (tertiary alicyclic amines) is 1. The van der Waals surface area contributed by atoms with Crippen LogP contribution < -0.4 is 0 Å². The molecule has 1 aliphatic heterocycles. The molecule has 0 spiro atoms. The molecule has 1 aromatic carbocycles. The van der Waals surface area contributed by atoms with Gasteiger partial charge in [-0.2, -0.15) is 0 Å². The first-order valence-corrected chi connectivity index (χ1v) is 5.48. The van der Waals surface area contributed by atoms with Crippen LogP contribution in [0.1, 0.15) is 28.4 Å². The van der Waals surface area contributed by atoms with Crippen molar-refractivity contribution in [2.75, 3.05) is 13.1 Å². The van der Waals surface area contributed by atoms with Gasteiger partial charge in [-0.25, -0.2) is 0 Å². The summed E-state index contributed by atoms with van der Waals surface area (Å²) < 4.78 is 0. The van der Waals surface area contributed by atoms with E-state index in [0.717, 1.165) is 16.7 Å². The molecule has 1 amide bonds. The molecule has 1 aromatic rings. The zero-order valence-electron chi connectivity index (χ0n) is 9.95. The van der Waals surface area contributed by atoms with Crippen molar-refractivity contribution in [2.24, 2.45) is 0 Å². The van der Waals surface area contributed by atoms with Gasteiger partial charge >= 0.3 is 0 Å². The number of amides is 1. The second-order valence-corrected chi connectivity index (χ2v) is 4.98. The van der Waals surface area contributed by atoms with Crippen LogP contribution in [0, 0.1) is 13.8 Å². The van der Waals surface area contributed by atoms with Gasteiger partial charge in [0.1, 0.15) is 0 Å². The zero-order chi connectivity index (χ0) is 11.9. The summed E-state index contributed by atoms with van der Waals surface area (Å²) in [4.78, 5) is 13.7. The van der Waals surface area contributed by atoms with Crippen molar-refractivity contribution in [1.82, 2.24) is 4.90 Å². The molecule has 3 nitrogen and oxygen atoms in total. The number of carbonyl (C=O) groups is 1. The van der Waals surface area contributed by atoms with E-state index in [4.69, 9.17) is 0 Å². The van der Waals surface area contributed by atoms with Crippen LogP contribution in [0.5, 0.6) is 0 Å². The molecule has 0 bridgehead atoms. The Morgan fingerprint density at radius 1 is 1.38 bits per heavy atom. The topological polar surface area (TPSA) is 40.5 Å². The van der Waals surface area contributed by atoms with Gasteiger partial charge in [0.2, 0.25) is 0 Å². The van der Waals surface area contributed by atoms with E-state index in [1.807, 2.05) is 32.0 Å². The predicted molar refractivity (Wildman–Crippen MR) is 62.4 cm³/mol. The van der Waals surface area contributed by atoms with E-state index in [1.165, 1.54) is 0 Å². The van der Waals surface area contributed by atoms with Gasteiger partial charge in [-0.15, -0.1) is 0 Å². The van der Waals surface area contributed by atoms with Crippen molar-refractivity contribution < 1.29 is 9.90 Å². The van der Waals surface area contributed by atoms with Gasteiger partial charge < -0.3 is 10.0 Å². The number of rotatable bonds is 1. The maximum absolute atomic E-state index is 12.1. The van der Waals surface area contributed by atoms with Gasteiger partial charge in [0.15, 0.2) is 0 Å². The van der Waals surface area contributed by atoms with Crippen LogP contribution in [0.4, 0.5) is 0 Å². The molecule has 86 valence electrons. The average molecular weight is 219 g/mol. The lowest BCUT2D eigenvalue weighted by atomic mass is 9.95. The second kappa shape index (κ2) is 3.59. The Morgan fingerprint density at radius 3 is 2.50 bits per heavy atom. The monoisotopic (exact) mass is 219 g/mol. The number of hydrogen-bond acceptors (Lipinski definition) is 2. The minimum atomic E-state index is -0.700. The van der Waals surface area contributed by atoms with Crippen LogP contribution in [-0.4, -0.2) is 34.6 Å². The lowest BCUT2D eigenvalue weighted by molar-refractivity contribution is -0.0669. The van der Waals surface area contributed by atoms with E-state index in [0.29, 0.717) is 13.1 Å². The van der Waals surface area contributed by atoms with Gasteiger partial charge in [0, 0.05) is 5.56 Å². The zero-order valence-corrected chi connectivity index (χ0v) is 9.95. The standard InChI is InChI=1S/C13H17NO2/c1-9-4-5-11(10(2)6-9)12(15)14-7-13(3,16)8-14/h4-6,16H,7-8H2,1-3H3. The largest absolute Gasteiger partial charge is 0.386 e. The predicted octanol–water partition coefficient (Wildman–Crippen LogP) is 1.51. The Balaban J connectivity index is 2.16. The third kappa shape index (κ3) is 1.95. The van der Waals surface area contributed by atoms with Crippen molar-refractivity contribution in [3.63, 3.8) is 0 Å². The molecule has 0 atom stereocenters. The first-order valence-electron chi connectivity index (χ1n) is 5.48. The first kappa shape index (κ1) is 11.1. The molecule has 1 saturated heterocycles. The number of aliphatic hydroxyl groups is 1. The van der Waals surface area contributed by atoms with Crippen LogP contribution in [0.15, 0.2) is 18.2 Å². The van der Waals surface area contributed by atoms with E-state index >= 15 is 0 Å². The SMILES string of the molecule is Cc1ccc(C(=O)N2CC(C)(O)C2)c(C)c1. The molecule has 16 heavy (non-hydrogen) atoms. The Bertz CT molecular complexity index is 430. The van der Waals surface area contributed by atoms with E-state index in [9.17, 15) is 9.90 Å². The van der Waals surface area contributed by atoms with Crippen LogP contribution >= 0.6 is 0 Å². The van der Waals surface area contributed by atoms with E-state index < -0.39 is 5.60 Å². The van der Waals surface area contributed by atoms with Gasteiger partial charge in [-0.3, -0.25) is 4.79 Å². The number of β-amino-alcohol motifs (C(OH)–C–C–N with tert-alkyl or cyclic N) is 1. The molecule has 0 unspecified atom stereocenters. The summed E-state index contributed by atoms with van der Waals surface area (Å²) in [5, 5.41) is 9.60. The fourth-order valence-electron chi connectivity index (χ4n) is 2.14. The highest BCUT2D eigenvalue weighted by molar-refractivity contribution is 5.96. The molecular formula is C13H17NO2. The smallest absolute Gasteiger partial charge is 0.254 e. The van der Waals surface area contributed by atoms with Crippen LogP contribution in [-0.2, 0) is 0 Å². The average Bonchev–Trinajstić information content (AvgIpc) is 2.13. The molecule has 0 radical (unpaired) electrons. The van der Waals surface area contributed by atoms with Gasteiger partial charge in [0.05, 0.1) is 18.7 Å². The lowest BCUT2D eigenvalue weighted by Crippen LogP contribution is -2.61. The third-order valence-electron chi connectivity index (χ3n) is 2.96. The molecule has 0 aromatic heterocycles. The molecule has 1 heterocycles. The summed E-state index contributed by atoms with van der Waals surface area (Å²) in [5.74, 6) is 0.0176. The van der Waals surface area contributed by atoms with E-state index in [-0.39, 0.29) is 5.91 Å².